The van der Waals surface area contributed by atoms with Crippen molar-refractivity contribution in [1.29, 1.82) is 0 Å². The number of hydrogen-bond acceptors (Lipinski definition) is 4. The van der Waals surface area contributed by atoms with Crippen molar-refractivity contribution in [1.82, 2.24) is 5.32 Å². The minimum absolute atomic E-state index is 0.0372. The highest BCUT2D eigenvalue weighted by atomic mass is 16.3. The minimum atomic E-state index is -0.233. The zero-order chi connectivity index (χ0) is 26.3. The van der Waals surface area contributed by atoms with Gasteiger partial charge in [-0.2, -0.15) is 0 Å². The van der Waals surface area contributed by atoms with E-state index >= 15 is 0 Å². The predicted octanol–water partition coefficient (Wildman–Crippen LogP) is 4.87. The molecule has 2 N–H and O–H groups in total. The lowest BCUT2D eigenvalue weighted by Gasteiger charge is -2.19. The Labute approximate surface area is 221 Å². The van der Waals surface area contributed by atoms with Crippen LogP contribution in [0, 0.1) is 0 Å². The summed E-state index contributed by atoms with van der Waals surface area (Å²) in [6.45, 7) is 0.444. The van der Waals surface area contributed by atoms with Crippen LogP contribution in [-0.4, -0.2) is 22.8 Å². The first-order valence-corrected chi connectivity index (χ1v) is 12.4. The van der Waals surface area contributed by atoms with Gasteiger partial charge in [-0.05, 0) is 40.5 Å². The second kappa shape index (κ2) is 11.5. The number of hydrogen-bond donors (Lipinski definition) is 2. The molecule has 5 rings (SSSR count). The highest BCUT2D eigenvalue weighted by Gasteiger charge is 2.32. The van der Waals surface area contributed by atoms with Crippen LogP contribution in [0.3, 0.4) is 0 Å². The van der Waals surface area contributed by atoms with Crippen molar-refractivity contribution in [2.24, 2.45) is 4.99 Å². The van der Waals surface area contributed by atoms with Gasteiger partial charge in [-0.1, -0.05) is 97.1 Å². The molecule has 4 aromatic rings. The summed E-state index contributed by atoms with van der Waals surface area (Å²) in [4.78, 5) is 32.3. The number of nitrogens with one attached hydrogen (secondary N) is 1. The molecule has 6 nitrogen and oxygen atoms in total. The highest BCUT2D eigenvalue weighted by Crippen LogP contribution is 2.28. The maximum absolute atomic E-state index is 13.5. The molecule has 0 bridgehead atoms. The summed E-state index contributed by atoms with van der Waals surface area (Å²) < 4.78 is 0. The maximum atomic E-state index is 13.5. The number of carbonyl (C=O) groups excluding carboxylic acids is 2. The molecule has 6 heteroatoms. The number of benzene rings is 4. The van der Waals surface area contributed by atoms with E-state index in [1.165, 1.54) is 0 Å². The van der Waals surface area contributed by atoms with Crippen LogP contribution >= 0.6 is 0 Å². The normalized spacial score (nSPS) is 14.0. The van der Waals surface area contributed by atoms with Gasteiger partial charge in [-0.3, -0.25) is 14.5 Å². The summed E-state index contributed by atoms with van der Waals surface area (Å²) in [6.07, 6.45) is 1.99. The van der Waals surface area contributed by atoms with Crippen molar-refractivity contribution < 1.29 is 14.7 Å². The van der Waals surface area contributed by atoms with Gasteiger partial charge in [0.1, 0.15) is 11.5 Å². The lowest BCUT2D eigenvalue weighted by molar-refractivity contribution is -0.120. The van der Waals surface area contributed by atoms with Crippen molar-refractivity contribution in [3.63, 3.8) is 0 Å². The number of aliphatic hydroxyl groups is 1. The molecule has 1 heterocycles. The number of aliphatic hydroxyl groups excluding tert-OH is 1. The molecular weight excluding hydrogens is 474 g/mol. The van der Waals surface area contributed by atoms with Crippen LogP contribution in [0.1, 0.15) is 27.8 Å². The zero-order valence-corrected chi connectivity index (χ0v) is 20.7. The van der Waals surface area contributed by atoms with E-state index in [9.17, 15) is 14.7 Å². The lowest BCUT2D eigenvalue weighted by Crippen LogP contribution is -2.32. The first kappa shape index (κ1) is 24.9. The van der Waals surface area contributed by atoms with Gasteiger partial charge in [0.25, 0.3) is 5.91 Å². The molecule has 0 unspecified atom stereocenters. The number of aliphatic imine (C=N–C) groups is 1. The second-order valence-corrected chi connectivity index (χ2v) is 8.98. The third-order valence-electron chi connectivity index (χ3n) is 6.25. The third kappa shape index (κ3) is 5.77. The molecule has 1 aliphatic heterocycles. The van der Waals surface area contributed by atoms with Gasteiger partial charge in [0.2, 0.25) is 5.91 Å². The van der Waals surface area contributed by atoms with E-state index < -0.39 is 0 Å². The van der Waals surface area contributed by atoms with Crippen LogP contribution in [0.15, 0.2) is 120 Å². The van der Waals surface area contributed by atoms with Gasteiger partial charge in [-0.25, -0.2) is 4.99 Å². The SMILES string of the molecule is O=C(Cc1ccc(N2C(=O)/C(=C/c3ccc(CO)cc3)N=C2c2ccccc2)cc1)NCc1ccccc1. The van der Waals surface area contributed by atoms with Crippen molar-refractivity contribution in [3.05, 3.63) is 143 Å². The average molecular weight is 502 g/mol. The number of carbonyl (C=O) groups is 2. The lowest BCUT2D eigenvalue weighted by atomic mass is 10.1. The quantitative estimate of drug-likeness (QED) is 0.338. The topological polar surface area (TPSA) is 82.0 Å². The molecule has 0 fully saturated rings. The summed E-state index contributed by atoms with van der Waals surface area (Å²) in [5, 5.41) is 12.2. The Bertz CT molecular complexity index is 1480. The van der Waals surface area contributed by atoms with Crippen molar-refractivity contribution in [2.45, 2.75) is 19.6 Å². The predicted molar refractivity (Wildman–Crippen MR) is 149 cm³/mol. The summed E-state index contributed by atoms with van der Waals surface area (Å²) in [7, 11) is 0. The number of rotatable bonds is 8. The fourth-order valence-electron chi connectivity index (χ4n) is 4.22. The van der Waals surface area contributed by atoms with E-state index in [4.69, 9.17) is 4.99 Å². The van der Waals surface area contributed by atoms with Gasteiger partial charge < -0.3 is 10.4 Å². The van der Waals surface area contributed by atoms with Crippen LogP contribution in [0.5, 0.6) is 0 Å². The largest absolute Gasteiger partial charge is 0.392 e. The smallest absolute Gasteiger partial charge is 0.282 e. The molecule has 2 amide bonds. The molecule has 0 aliphatic carbocycles. The Kier molecular flexibility index (Phi) is 7.52. The summed E-state index contributed by atoms with van der Waals surface area (Å²) >= 11 is 0. The van der Waals surface area contributed by atoms with E-state index in [0.29, 0.717) is 23.8 Å². The summed E-state index contributed by atoms with van der Waals surface area (Å²) in [5.74, 6) is 0.244. The van der Waals surface area contributed by atoms with E-state index in [1.54, 1.807) is 11.0 Å². The molecule has 0 radical (unpaired) electrons. The fraction of sp³-hybridized carbons (Fsp3) is 0.0938. The third-order valence-corrected chi connectivity index (χ3v) is 6.25. The summed E-state index contributed by atoms with van der Waals surface area (Å²) in [6, 6.07) is 34.1. The Hall–Kier alpha value is -4.81. The van der Waals surface area contributed by atoms with Gasteiger partial charge in [0.15, 0.2) is 0 Å². The van der Waals surface area contributed by atoms with Crippen molar-refractivity contribution in [2.75, 3.05) is 4.90 Å². The van der Waals surface area contributed by atoms with Crippen molar-refractivity contribution >= 4 is 29.4 Å². The van der Waals surface area contributed by atoms with Crippen LogP contribution in [0.2, 0.25) is 0 Å². The zero-order valence-electron chi connectivity index (χ0n) is 20.7. The molecule has 0 spiro atoms. The van der Waals surface area contributed by atoms with E-state index in [0.717, 1.165) is 27.8 Å². The van der Waals surface area contributed by atoms with Crippen LogP contribution < -0.4 is 10.2 Å². The molecule has 0 aromatic heterocycles. The Balaban J connectivity index is 1.35. The van der Waals surface area contributed by atoms with Crippen molar-refractivity contribution in [3.8, 4) is 0 Å². The van der Waals surface area contributed by atoms with Gasteiger partial charge in [-0.15, -0.1) is 0 Å². The molecule has 0 saturated heterocycles. The molecular formula is C32H27N3O3. The van der Waals surface area contributed by atoms with E-state index in [-0.39, 0.29) is 24.8 Å². The number of amidine groups is 1. The molecule has 1 aliphatic rings. The second-order valence-electron chi connectivity index (χ2n) is 8.98. The highest BCUT2D eigenvalue weighted by molar-refractivity contribution is 6.33. The van der Waals surface area contributed by atoms with Gasteiger partial charge in [0.05, 0.1) is 18.7 Å². The van der Waals surface area contributed by atoms with E-state index in [2.05, 4.69) is 5.32 Å². The maximum Gasteiger partial charge on any atom is 0.282 e. The Morgan fingerprint density at radius 3 is 2.08 bits per heavy atom. The Morgan fingerprint density at radius 2 is 1.42 bits per heavy atom. The van der Waals surface area contributed by atoms with Gasteiger partial charge in [0, 0.05) is 12.1 Å². The van der Waals surface area contributed by atoms with Crippen LogP contribution in [-0.2, 0) is 29.2 Å². The minimum Gasteiger partial charge on any atom is -0.392 e. The molecule has 0 saturated carbocycles. The van der Waals surface area contributed by atoms with Crippen LogP contribution in [0.4, 0.5) is 5.69 Å². The fourth-order valence-corrected chi connectivity index (χ4v) is 4.22. The van der Waals surface area contributed by atoms with Crippen LogP contribution in [0.25, 0.3) is 6.08 Å². The van der Waals surface area contributed by atoms with E-state index in [1.807, 2.05) is 109 Å². The Morgan fingerprint density at radius 1 is 0.789 bits per heavy atom. The summed E-state index contributed by atoms with van der Waals surface area (Å²) in [5.41, 5.74) is 5.34. The number of anilines is 1. The molecule has 4 aromatic carbocycles. The average Bonchev–Trinajstić information content (AvgIpc) is 3.29. The number of nitrogens with zero attached hydrogens (tertiary/aromatic N) is 2. The standard InChI is InChI=1S/C32H27N3O3/c36-22-26-13-11-23(12-14-26)19-29-32(38)35(31(34-29)27-9-5-2-6-10-27)28-17-15-24(16-18-28)20-30(37)33-21-25-7-3-1-4-8-25/h1-19,36H,20-22H2,(H,33,37)/b29-19-. The first-order valence-electron chi connectivity index (χ1n) is 12.4. The monoisotopic (exact) mass is 501 g/mol. The van der Waals surface area contributed by atoms with Gasteiger partial charge >= 0.3 is 0 Å². The first-order chi connectivity index (χ1) is 18.6. The molecule has 0 atom stereocenters. The molecule has 188 valence electrons. The number of amides is 2. The molecule has 38 heavy (non-hydrogen) atoms.